The van der Waals surface area contributed by atoms with E-state index in [-0.39, 0.29) is 5.91 Å². The smallest absolute Gasteiger partial charge is 0.257 e. The van der Waals surface area contributed by atoms with Crippen LogP contribution in [0, 0.1) is 0 Å². The number of anilines is 1. The van der Waals surface area contributed by atoms with Crippen LogP contribution in [0.25, 0.3) is 10.6 Å². The minimum atomic E-state index is -0.296. The summed E-state index contributed by atoms with van der Waals surface area (Å²) in [7, 11) is 3.07. The van der Waals surface area contributed by atoms with Crippen molar-refractivity contribution >= 4 is 38.3 Å². The summed E-state index contributed by atoms with van der Waals surface area (Å²) in [6.45, 7) is 0. The first-order valence-electron chi connectivity index (χ1n) is 7.24. The van der Waals surface area contributed by atoms with Crippen molar-refractivity contribution in [3.05, 3.63) is 52.5 Å². The van der Waals surface area contributed by atoms with E-state index in [2.05, 4.69) is 31.4 Å². The molecule has 0 saturated heterocycles. The summed E-state index contributed by atoms with van der Waals surface area (Å²) in [4.78, 5) is 12.4. The molecule has 0 saturated carbocycles. The van der Waals surface area contributed by atoms with Gasteiger partial charge in [0.15, 0.2) is 16.5 Å². The van der Waals surface area contributed by atoms with E-state index in [1.165, 1.54) is 18.4 Å². The molecule has 0 unspecified atom stereocenters. The third-order valence-corrected chi connectivity index (χ3v) is 4.96. The van der Waals surface area contributed by atoms with Crippen LogP contribution in [0.4, 0.5) is 5.13 Å². The second-order valence-corrected chi connectivity index (χ2v) is 6.75. The SMILES string of the molecule is COc1ccc(C(=O)Nc2nnc(-c3ccccc3Br)s2)cc1OC. The molecule has 1 aromatic heterocycles. The van der Waals surface area contributed by atoms with Crippen LogP contribution >= 0.6 is 27.3 Å². The number of methoxy groups -OCH3 is 2. The molecule has 1 N–H and O–H groups in total. The van der Waals surface area contributed by atoms with Crippen LogP contribution in [0.3, 0.4) is 0 Å². The molecule has 0 radical (unpaired) electrons. The molecule has 3 rings (SSSR count). The number of nitrogens with zero attached hydrogens (tertiary/aromatic N) is 2. The summed E-state index contributed by atoms with van der Waals surface area (Å²) in [5.41, 5.74) is 1.36. The topological polar surface area (TPSA) is 73.3 Å². The lowest BCUT2D eigenvalue weighted by Gasteiger charge is -2.08. The molecule has 6 nitrogen and oxygen atoms in total. The summed E-state index contributed by atoms with van der Waals surface area (Å²) >= 11 is 4.79. The number of nitrogens with one attached hydrogen (secondary N) is 1. The van der Waals surface area contributed by atoms with E-state index in [1.807, 2.05) is 24.3 Å². The fourth-order valence-electron chi connectivity index (χ4n) is 2.16. The number of ether oxygens (including phenoxy) is 2. The normalized spacial score (nSPS) is 10.4. The van der Waals surface area contributed by atoms with Crippen molar-refractivity contribution in [2.24, 2.45) is 0 Å². The van der Waals surface area contributed by atoms with Gasteiger partial charge in [0.2, 0.25) is 5.13 Å². The predicted octanol–water partition coefficient (Wildman–Crippen LogP) is 4.24. The van der Waals surface area contributed by atoms with Crippen LogP contribution in [0.15, 0.2) is 46.9 Å². The molecule has 0 aliphatic heterocycles. The third-order valence-electron chi connectivity index (χ3n) is 3.40. The van der Waals surface area contributed by atoms with Gasteiger partial charge in [-0.05, 0) is 24.3 Å². The van der Waals surface area contributed by atoms with Crippen LogP contribution in [0.1, 0.15) is 10.4 Å². The van der Waals surface area contributed by atoms with E-state index in [0.717, 1.165) is 15.0 Å². The fourth-order valence-corrected chi connectivity index (χ4v) is 3.55. The molecular formula is C17H14BrN3O3S. The second kappa shape index (κ2) is 7.62. The molecule has 2 aromatic carbocycles. The monoisotopic (exact) mass is 419 g/mol. The summed E-state index contributed by atoms with van der Waals surface area (Å²) in [5, 5.41) is 12.1. The number of hydrogen-bond donors (Lipinski definition) is 1. The molecule has 8 heteroatoms. The van der Waals surface area contributed by atoms with Crippen LogP contribution < -0.4 is 14.8 Å². The molecular weight excluding hydrogens is 406 g/mol. The second-order valence-electron chi connectivity index (χ2n) is 4.92. The maximum atomic E-state index is 12.4. The Labute approximate surface area is 156 Å². The zero-order valence-electron chi connectivity index (χ0n) is 13.4. The Balaban J connectivity index is 1.79. The van der Waals surface area contributed by atoms with E-state index >= 15 is 0 Å². The van der Waals surface area contributed by atoms with Gasteiger partial charge in [0.1, 0.15) is 0 Å². The van der Waals surface area contributed by atoms with Gasteiger partial charge in [-0.3, -0.25) is 10.1 Å². The van der Waals surface area contributed by atoms with Gasteiger partial charge in [0, 0.05) is 15.6 Å². The highest BCUT2D eigenvalue weighted by atomic mass is 79.9. The number of aromatic nitrogens is 2. The molecule has 0 spiro atoms. The number of hydrogen-bond acceptors (Lipinski definition) is 6. The van der Waals surface area contributed by atoms with Crippen LogP contribution in [0.5, 0.6) is 11.5 Å². The summed E-state index contributed by atoms with van der Waals surface area (Å²) in [6, 6.07) is 12.7. The average Bonchev–Trinajstić information content (AvgIpc) is 3.09. The Morgan fingerprint density at radius 1 is 1.08 bits per heavy atom. The lowest BCUT2D eigenvalue weighted by atomic mass is 10.2. The van der Waals surface area contributed by atoms with Crippen molar-refractivity contribution < 1.29 is 14.3 Å². The molecule has 1 heterocycles. The summed E-state index contributed by atoms with van der Waals surface area (Å²) < 4.78 is 11.3. The van der Waals surface area contributed by atoms with E-state index in [1.54, 1.807) is 25.3 Å². The first-order chi connectivity index (χ1) is 12.1. The number of rotatable bonds is 5. The highest BCUT2D eigenvalue weighted by Gasteiger charge is 2.14. The standard InChI is InChI=1S/C17H14BrN3O3S/c1-23-13-8-7-10(9-14(13)24-2)15(22)19-17-21-20-16(25-17)11-5-3-4-6-12(11)18/h3-9H,1-2H3,(H,19,21,22). The predicted molar refractivity (Wildman–Crippen MR) is 101 cm³/mol. The van der Waals surface area contributed by atoms with Crippen molar-refractivity contribution in [3.8, 4) is 22.1 Å². The van der Waals surface area contributed by atoms with E-state index in [9.17, 15) is 4.79 Å². The minimum absolute atomic E-state index is 0.296. The van der Waals surface area contributed by atoms with Crippen molar-refractivity contribution in [2.45, 2.75) is 0 Å². The highest BCUT2D eigenvalue weighted by molar-refractivity contribution is 9.10. The third kappa shape index (κ3) is 3.80. The maximum absolute atomic E-state index is 12.4. The van der Waals surface area contributed by atoms with Crippen LogP contribution in [0.2, 0.25) is 0 Å². The number of benzene rings is 2. The Kier molecular flexibility index (Phi) is 5.30. The van der Waals surface area contributed by atoms with Crippen molar-refractivity contribution in [2.75, 3.05) is 19.5 Å². The first-order valence-corrected chi connectivity index (χ1v) is 8.85. The number of amides is 1. The quantitative estimate of drug-likeness (QED) is 0.669. The minimum Gasteiger partial charge on any atom is -0.493 e. The molecule has 1 amide bonds. The van der Waals surface area contributed by atoms with Crippen LogP contribution in [-0.2, 0) is 0 Å². The molecule has 0 bridgehead atoms. The molecule has 0 aliphatic carbocycles. The summed E-state index contributed by atoms with van der Waals surface area (Å²) in [5.74, 6) is 0.753. The van der Waals surface area contributed by atoms with Gasteiger partial charge in [0.05, 0.1) is 14.2 Å². The molecule has 3 aromatic rings. The van der Waals surface area contributed by atoms with Gasteiger partial charge >= 0.3 is 0 Å². The fraction of sp³-hybridized carbons (Fsp3) is 0.118. The zero-order chi connectivity index (χ0) is 17.8. The van der Waals surface area contributed by atoms with Gasteiger partial charge < -0.3 is 9.47 Å². The van der Waals surface area contributed by atoms with Gasteiger partial charge in [-0.2, -0.15) is 0 Å². The first kappa shape index (κ1) is 17.4. The van der Waals surface area contributed by atoms with Crippen molar-refractivity contribution in [1.82, 2.24) is 10.2 Å². The molecule has 0 fully saturated rings. The van der Waals surface area contributed by atoms with E-state index in [0.29, 0.717) is 22.2 Å². The van der Waals surface area contributed by atoms with Crippen molar-refractivity contribution in [3.63, 3.8) is 0 Å². The Hall–Kier alpha value is -2.45. The highest BCUT2D eigenvalue weighted by Crippen LogP contribution is 2.32. The van der Waals surface area contributed by atoms with Crippen molar-refractivity contribution in [1.29, 1.82) is 0 Å². The number of halogens is 1. The Bertz CT molecular complexity index is 914. The molecule has 0 aliphatic rings. The lowest BCUT2D eigenvalue weighted by Crippen LogP contribution is -2.11. The van der Waals surface area contributed by atoms with Crippen LogP contribution in [-0.4, -0.2) is 30.3 Å². The van der Waals surface area contributed by atoms with Gasteiger partial charge in [-0.1, -0.05) is 45.5 Å². The molecule has 128 valence electrons. The summed E-state index contributed by atoms with van der Waals surface area (Å²) in [6.07, 6.45) is 0. The number of carbonyl (C=O) groups excluding carboxylic acids is 1. The lowest BCUT2D eigenvalue weighted by molar-refractivity contribution is 0.102. The Morgan fingerprint density at radius 2 is 1.84 bits per heavy atom. The van der Waals surface area contributed by atoms with Gasteiger partial charge in [0.25, 0.3) is 5.91 Å². The maximum Gasteiger partial charge on any atom is 0.257 e. The number of carbonyl (C=O) groups is 1. The molecule has 0 atom stereocenters. The van der Waals surface area contributed by atoms with Gasteiger partial charge in [-0.25, -0.2) is 0 Å². The largest absolute Gasteiger partial charge is 0.493 e. The molecule has 25 heavy (non-hydrogen) atoms. The average molecular weight is 420 g/mol. The van der Waals surface area contributed by atoms with E-state index < -0.39 is 0 Å². The van der Waals surface area contributed by atoms with Gasteiger partial charge in [-0.15, -0.1) is 10.2 Å². The Morgan fingerprint density at radius 3 is 2.56 bits per heavy atom. The van der Waals surface area contributed by atoms with E-state index in [4.69, 9.17) is 9.47 Å². The zero-order valence-corrected chi connectivity index (χ0v) is 15.8.